The Bertz CT molecular complexity index is 353. The summed E-state index contributed by atoms with van der Waals surface area (Å²) in [6.07, 6.45) is 1.96. The molecule has 1 aliphatic rings. The van der Waals surface area contributed by atoms with Crippen molar-refractivity contribution >= 4 is 0 Å². The van der Waals surface area contributed by atoms with Crippen LogP contribution in [0.2, 0.25) is 0 Å². The number of aryl methyl sites for hydroxylation is 2. The molecule has 0 saturated heterocycles. The van der Waals surface area contributed by atoms with Gasteiger partial charge in [-0.15, -0.1) is 0 Å². The first kappa shape index (κ1) is 8.70. The van der Waals surface area contributed by atoms with Gasteiger partial charge in [0.1, 0.15) is 5.82 Å². The van der Waals surface area contributed by atoms with Crippen LogP contribution in [0.5, 0.6) is 0 Å². The van der Waals surface area contributed by atoms with Gasteiger partial charge in [-0.05, 0) is 49.4 Å². The van der Waals surface area contributed by atoms with Gasteiger partial charge in [-0.3, -0.25) is 0 Å². The minimum Gasteiger partial charge on any atom is -0.321 e. The van der Waals surface area contributed by atoms with Crippen molar-refractivity contribution in [2.45, 2.75) is 32.2 Å². The standard InChI is InChI=1S/C11H14FN/c1-7-5-8(2)10(12)6-9(7)11(13)3-4-11/h5-6H,3-4,13H2,1-2H3. The number of hydrogen-bond donors (Lipinski definition) is 1. The van der Waals surface area contributed by atoms with Crippen molar-refractivity contribution in [2.75, 3.05) is 0 Å². The largest absolute Gasteiger partial charge is 0.321 e. The highest BCUT2D eigenvalue weighted by Gasteiger charge is 2.41. The van der Waals surface area contributed by atoms with Crippen LogP contribution in [0.15, 0.2) is 12.1 Å². The molecular weight excluding hydrogens is 165 g/mol. The molecule has 2 rings (SSSR count). The van der Waals surface area contributed by atoms with Crippen LogP contribution in [-0.2, 0) is 5.54 Å². The van der Waals surface area contributed by atoms with E-state index in [0.717, 1.165) is 24.0 Å². The topological polar surface area (TPSA) is 26.0 Å². The summed E-state index contributed by atoms with van der Waals surface area (Å²) >= 11 is 0. The maximum absolute atomic E-state index is 13.3. The molecule has 0 radical (unpaired) electrons. The third-order valence-electron chi connectivity index (χ3n) is 2.83. The molecule has 1 saturated carbocycles. The van der Waals surface area contributed by atoms with E-state index in [1.54, 1.807) is 13.0 Å². The highest BCUT2D eigenvalue weighted by Crippen LogP contribution is 2.44. The normalized spacial score (nSPS) is 18.8. The maximum Gasteiger partial charge on any atom is 0.126 e. The van der Waals surface area contributed by atoms with Crippen LogP contribution >= 0.6 is 0 Å². The molecule has 1 nitrogen and oxygen atoms in total. The smallest absolute Gasteiger partial charge is 0.126 e. The molecule has 0 atom stereocenters. The third kappa shape index (κ3) is 1.35. The second-order valence-electron chi connectivity index (χ2n) is 4.07. The van der Waals surface area contributed by atoms with E-state index in [-0.39, 0.29) is 11.4 Å². The molecule has 13 heavy (non-hydrogen) atoms. The molecule has 2 heteroatoms. The summed E-state index contributed by atoms with van der Waals surface area (Å²) in [5, 5.41) is 0. The molecule has 0 aliphatic heterocycles. The first-order valence-corrected chi connectivity index (χ1v) is 4.59. The fourth-order valence-electron chi connectivity index (χ4n) is 1.77. The van der Waals surface area contributed by atoms with E-state index in [0.29, 0.717) is 5.56 Å². The van der Waals surface area contributed by atoms with Crippen molar-refractivity contribution in [1.82, 2.24) is 0 Å². The molecule has 0 aromatic heterocycles. The van der Waals surface area contributed by atoms with E-state index in [4.69, 9.17) is 5.73 Å². The van der Waals surface area contributed by atoms with Crippen molar-refractivity contribution in [3.8, 4) is 0 Å². The van der Waals surface area contributed by atoms with Gasteiger partial charge in [0.05, 0.1) is 0 Å². The van der Waals surface area contributed by atoms with Crippen LogP contribution in [0.25, 0.3) is 0 Å². The lowest BCUT2D eigenvalue weighted by atomic mass is 9.98. The molecule has 1 aromatic carbocycles. The van der Waals surface area contributed by atoms with Gasteiger partial charge in [0, 0.05) is 5.54 Å². The summed E-state index contributed by atoms with van der Waals surface area (Å²) < 4.78 is 13.3. The van der Waals surface area contributed by atoms with Crippen LogP contribution in [0.4, 0.5) is 4.39 Å². The quantitative estimate of drug-likeness (QED) is 0.703. The van der Waals surface area contributed by atoms with Crippen molar-refractivity contribution in [3.63, 3.8) is 0 Å². The second-order valence-corrected chi connectivity index (χ2v) is 4.07. The average molecular weight is 179 g/mol. The molecule has 1 fully saturated rings. The molecule has 1 aliphatic carbocycles. The van der Waals surface area contributed by atoms with Crippen LogP contribution in [0, 0.1) is 19.7 Å². The van der Waals surface area contributed by atoms with Crippen LogP contribution in [0.1, 0.15) is 29.5 Å². The first-order valence-electron chi connectivity index (χ1n) is 4.59. The number of hydrogen-bond acceptors (Lipinski definition) is 1. The SMILES string of the molecule is Cc1cc(C)c(C2(N)CC2)cc1F. The summed E-state index contributed by atoms with van der Waals surface area (Å²) in [6, 6.07) is 3.47. The van der Waals surface area contributed by atoms with E-state index in [9.17, 15) is 4.39 Å². The summed E-state index contributed by atoms with van der Waals surface area (Å²) in [7, 11) is 0. The molecule has 0 amide bonds. The van der Waals surface area contributed by atoms with Gasteiger partial charge in [0.2, 0.25) is 0 Å². The molecule has 0 heterocycles. The third-order valence-corrected chi connectivity index (χ3v) is 2.83. The van der Waals surface area contributed by atoms with Gasteiger partial charge in [-0.25, -0.2) is 4.39 Å². The van der Waals surface area contributed by atoms with Gasteiger partial charge in [0.15, 0.2) is 0 Å². The van der Waals surface area contributed by atoms with Crippen molar-refractivity contribution < 1.29 is 4.39 Å². The molecule has 2 N–H and O–H groups in total. The lowest BCUT2D eigenvalue weighted by Crippen LogP contribution is -2.20. The number of benzene rings is 1. The maximum atomic E-state index is 13.3. The summed E-state index contributed by atoms with van der Waals surface area (Å²) in [5.74, 6) is -0.141. The Balaban J connectivity index is 2.52. The van der Waals surface area contributed by atoms with Crippen molar-refractivity contribution in [2.24, 2.45) is 5.73 Å². The molecule has 0 spiro atoms. The van der Waals surface area contributed by atoms with Crippen LogP contribution in [-0.4, -0.2) is 0 Å². The minimum atomic E-state index is -0.224. The van der Waals surface area contributed by atoms with Gasteiger partial charge >= 0.3 is 0 Å². The summed E-state index contributed by atoms with van der Waals surface area (Å²) in [4.78, 5) is 0. The molecule has 0 bridgehead atoms. The molecule has 1 aromatic rings. The van der Waals surface area contributed by atoms with E-state index < -0.39 is 0 Å². The summed E-state index contributed by atoms with van der Waals surface area (Å²) in [5.41, 5.74) is 8.59. The Morgan fingerprint density at radius 2 is 1.85 bits per heavy atom. The van der Waals surface area contributed by atoms with Gasteiger partial charge in [-0.1, -0.05) is 6.07 Å². The predicted molar refractivity (Wildman–Crippen MR) is 51.0 cm³/mol. The van der Waals surface area contributed by atoms with E-state index in [1.165, 1.54) is 0 Å². The van der Waals surface area contributed by atoms with Gasteiger partial charge < -0.3 is 5.73 Å². The zero-order valence-electron chi connectivity index (χ0n) is 8.02. The Morgan fingerprint density at radius 3 is 2.38 bits per heavy atom. The Labute approximate surface area is 77.8 Å². The van der Waals surface area contributed by atoms with Gasteiger partial charge in [-0.2, -0.15) is 0 Å². The number of nitrogens with two attached hydrogens (primary N) is 1. The fourth-order valence-corrected chi connectivity index (χ4v) is 1.77. The average Bonchev–Trinajstić information content (AvgIpc) is 2.77. The highest BCUT2D eigenvalue weighted by molar-refractivity contribution is 5.39. The lowest BCUT2D eigenvalue weighted by Gasteiger charge is -2.13. The monoisotopic (exact) mass is 179 g/mol. The molecule has 0 unspecified atom stereocenters. The lowest BCUT2D eigenvalue weighted by molar-refractivity contribution is 0.608. The Kier molecular flexibility index (Phi) is 1.70. The van der Waals surface area contributed by atoms with E-state index in [1.807, 2.05) is 13.0 Å². The number of rotatable bonds is 1. The predicted octanol–water partition coefficient (Wildman–Crippen LogP) is 2.39. The second kappa shape index (κ2) is 2.55. The minimum absolute atomic E-state index is 0.141. The first-order chi connectivity index (χ1) is 6.03. The van der Waals surface area contributed by atoms with Crippen LogP contribution < -0.4 is 5.73 Å². The Hall–Kier alpha value is -0.890. The zero-order valence-corrected chi connectivity index (χ0v) is 8.02. The Morgan fingerprint density at radius 1 is 1.23 bits per heavy atom. The molecular formula is C11H14FN. The highest BCUT2D eigenvalue weighted by atomic mass is 19.1. The van der Waals surface area contributed by atoms with Gasteiger partial charge in [0.25, 0.3) is 0 Å². The summed E-state index contributed by atoms with van der Waals surface area (Å²) in [6.45, 7) is 3.77. The van der Waals surface area contributed by atoms with E-state index in [2.05, 4.69) is 0 Å². The fraction of sp³-hybridized carbons (Fsp3) is 0.455. The zero-order chi connectivity index (χ0) is 9.64. The number of halogens is 1. The van der Waals surface area contributed by atoms with E-state index >= 15 is 0 Å². The van der Waals surface area contributed by atoms with Crippen LogP contribution in [0.3, 0.4) is 0 Å². The van der Waals surface area contributed by atoms with Crippen molar-refractivity contribution in [1.29, 1.82) is 0 Å². The van der Waals surface area contributed by atoms with Crippen molar-refractivity contribution in [3.05, 3.63) is 34.6 Å². The molecule has 70 valence electrons.